The van der Waals surface area contributed by atoms with Crippen LogP contribution in [0.1, 0.15) is 25.0 Å². The fourth-order valence-electron chi connectivity index (χ4n) is 1.94. The van der Waals surface area contributed by atoms with Crippen LogP contribution in [0.4, 0.5) is 5.13 Å². The number of carboxylic acids is 1. The maximum atomic E-state index is 10.5. The van der Waals surface area contributed by atoms with E-state index in [1.807, 2.05) is 5.38 Å². The quantitative estimate of drug-likeness (QED) is 0.827. The molecule has 0 saturated carbocycles. The SMILES string of the molecule is O=C(O)CCc1csc(NCC2CCCOC2)n1. The zero-order valence-electron chi connectivity index (χ0n) is 10.2. The molecule has 100 valence electrons. The average molecular weight is 270 g/mol. The van der Waals surface area contributed by atoms with Crippen molar-refractivity contribution in [1.82, 2.24) is 4.98 Å². The third-order valence-electron chi connectivity index (χ3n) is 2.94. The van der Waals surface area contributed by atoms with Crippen molar-refractivity contribution < 1.29 is 14.6 Å². The van der Waals surface area contributed by atoms with E-state index in [0.717, 1.165) is 37.0 Å². The molecule has 0 bridgehead atoms. The van der Waals surface area contributed by atoms with Gasteiger partial charge in [-0.25, -0.2) is 4.98 Å². The molecule has 5 nitrogen and oxygen atoms in total. The lowest BCUT2D eigenvalue weighted by molar-refractivity contribution is -0.136. The second-order valence-corrected chi connectivity index (χ2v) is 5.36. The summed E-state index contributed by atoms with van der Waals surface area (Å²) in [6.45, 7) is 2.59. The van der Waals surface area contributed by atoms with Crippen molar-refractivity contribution in [1.29, 1.82) is 0 Å². The predicted octanol–water partition coefficient (Wildman–Crippen LogP) is 2.00. The average Bonchev–Trinajstić information content (AvgIpc) is 2.83. The van der Waals surface area contributed by atoms with Gasteiger partial charge in [0.2, 0.25) is 0 Å². The Balaban J connectivity index is 1.73. The van der Waals surface area contributed by atoms with Gasteiger partial charge in [0.1, 0.15) is 0 Å². The maximum Gasteiger partial charge on any atom is 0.303 e. The van der Waals surface area contributed by atoms with E-state index >= 15 is 0 Å². The third kappa shape index (κ3) is 4.27. The van der Waals surface area contributed by atoms with Crippen molar-refractivity contribution in [2.75, 3.05) is 25.1 Å². The van der Waals surface area contributed by atoms with Crippen molar-refractivity contribution in [3.8, 4) is 0 Å². The van der Waals surface area contributed by atoms with Gasteiger partial charge in [0.05, 0.1) is 18.7 Å². The Bertz CT molecular complexity index is 388. The number of ether oxygens (including phenoxy) is 1. The van der Waals surface area contributed by atoms with E-state index in [4.69, 9.17) is 9.84 Å². The largest absolute Gasteiger partial charge is 0.481 e. The number of thiazole rings is 1. The predicted molar refractivity (Wildman–Crippen MR) is 70.1 cm³/mol. The first-order valence-corrected chi connectivity index (χ1v) is 7.10. The molecule has 2 rings (SSSR count). The number of nitrogens with zero attached hydrogens (tertiary/aromatic N) is 1. The van der Waals surface area contributed by atoms with Crippen LogP contribution in [0.3, 0.4) is 0 Å². The molecule has 1 aromatic heterocycles. The van der Waals surface area contributed by atoms with E-state index in [2.05, 4.69) is 10.3 Å². The molecule has 0 radical (unpaired) electrons. The molecule has 1 unspecified atom stereocenters. The molecule has 1 aliphatic rings. The number of aliphatic carboxylic acids is 1. The molecular formula is C12H18N2O3S. The van der Waals surface area contributed by atoms with Crippen LogP contribution in [0.5, 0.6) is 0 Å². The van der Waals surface area contributed by atoms with Gasteiger partial charge >= 0.3 is 5.97 Å². The maximum absolute atomic E-state index is 10.5. The number of aromatic nitrogens is 1. The molecule has 1 aromatic rings. The fraction of sp³-hybridized carbons (Fsp3) is 0.667. The topological polar surface area (TPSA) is 71.5 Å². The number of hydrogen-bond acceptors (Lipinski definition) is 5. The summed E-state index contributed by atoms with van der Waals surface area (Å²) in [6, 6.07) is 0. The van der Waals surface area contributed by atoms with Crippen molar-refractivity contribution in [3.05, 3.63) is 11.1 Å². The summed E-state index contributed by atoms with van der Waals surface area (Å²) in [5.41, 5.74) is 0.852. The fourth-order valence-corrected chi connectivity index (χ4v) is 2.69. The van der Waals surface area contributed by atoms with Crippen LogP contribution in [-0.4, -0.2) is 35.8 Å². The number of hydrogen-bond donors (Lipinski definition) is 2. The van der Waals surface area contributed by atoms with Crippen molar-refractivity contribution >= 4 is 22.4 Å². The molecule has 2 heterocycles. The van der Waals surface area contributed by atoms with Gasteiger partial charge < -0.3 is 15.2 Å². The summed E-state index contributed by atoms with van der Waals surface area (Å²) in [6.07, 6.45) is 2.97. The van der Waals surface area contributed by atoms with Crippen molar-refractivity contribution in [2.45, 2.75) is 25.7 Å². The highest BCUT2D eigenvalue weighted by molar-refractivity contribution is 7.13. The van der Waals surface area contributed by atoms with E-state index in [9.17, 15) is 4.79 Å². The molecule has 0 amide bonds. The van der Waals surface area contributed by atoms with Crippen molar-refractivity contribution in [3.63, 3.8) is 0 Å². The molecule has 2 N–H and O–H groups in total. The van der Waals surface area contributed by atoms with E-state index < -0.39 is 5.97 Å². The Kier molecular flexibility index (Phi) is 4.95. The standard InChI is InChI=1S/C12H18N2O3S/c15-11(16)4-3-10-8-18-12(14-10)13-6-9-2-1-5-17-7-9/h8-9H,1-7H2,(H,13,14)(H,15,16). The minimum absolute atomic E-state index is 0.139. The number of anilines is 1. The third-order valence-corrected chi connectivity index (χ3v) is 3.79. The summed E-state index contributed by atoms with van der Waals surface area (Å²) >= 11 is 1.53. The Morgan fingerprint density at radius 2 is 2.56 bits per heavy atom. The molecular weight excluding hydrogens is 252 g/mol. The van der Waals surface area contributed by atoms with Crippen LogP contribution in [0, 0.1) is 5.92 Å². The zero-order valence-corrected chi connectivity index (χ0v) is 11.0. The van der Waals surface area contributed by atoms with Crippen LogP contribution in [0.25, 0.3) is 0 Å². The lowest BCUT2D eigenvalue weighted by Gasteiger charge is -2.21. The lowest BCUT2D eigenvalue weighted by atomic mass is 10.0. The molecule has 18 heavy (non-hydrogen) atoms. The minimum atomic E-state index is -0.781. The van der Waals surface area contributed by atoms with E-state index in [1.54, 1.807) is 0 Å². The summed E-state index contributed by atoms with van der Waals surface area (Å²) in [5, 5.41) is 14.7. The molecule has 1 aliphatic heterocycles. The summed E-state index contributed by atoms with van der Waals surface area (Å²) in [4.78, 5) is 14.8. The minimum Gasteiger partial charge on any atom is -0.481 e. The lowest BCUT2D eigenvalue weighted by Crippen LogP contribution is -2.24. The highest BCUT2D eigenvalue weighted by Gasteiger charge is 2.14. The van der Waals surface area contributed by atoms with Crippen LogP contribution in [-0.2, 0) is 16.0 Å². The Morgan fingerprint density at radius 1 is 1.67 bits per heavy atom. The Morgan fingerprint density at radius 3 is 3.28 bits per heavy atom. The number of carbonyl (C=O) groups is 1. The first kappa shape index (κ1) is 13.3. The molecule has 6 heteroatoms. The van der Waals surface area contributed by atoms with Gasteiger partial charge in [0.15, 0.2) is 5.13 Å². The summed E-state index contributed by atoms with van der Waals surface area (Å²) < 4.78 is 5.42. The van der Waals surface area contributed by atoms with Gasteiger partial charge in [-0.3, -0.25) is 4.79 Å². The first-order chi connectivity index (χ1) is 8.74. The van der Waals surface area contributed by atoms with E-state index in [0.29, 0.717) is 12.3 Å². The summed E-state index contributed by atoms with van der Waals surface area (Å²) in [7, 11) is 0. The van der Waals surface area contributed by atoms with Crippen LogP contribution in [0.15, 0.2) is 5.38 Å². The summed E-state index contributed by atoms with van der Waals surface area (Å²) in [5.74, 6) is -0.220. The molecule has 1 atom stereocenters. The Labute approximate surface area is 110 Å². The number of carboxylic acid groups (broad SMARTS) is 1. The van der Waals surface area contributed by atoms with E-state index in [-0.39, 0.29) is 6.42 Å². The van der Waals surface area contributed by atoms with Gasteiger partial charge in [-0.05, 0) is 18.8 Å². The van der Waals surface area contributed by atoms with Crippen LogP contribution in [0.2, 0.25) is 0 Å². The number of nitrogens with one attached hydrogen (secondary N) is 1. The molecule has 1 saturated heterocycles. The zero-order chi connectivity index (χ0) is 12.8. The Hall–Kier alpha value is -1.14. The normalized spacial score (nSPS) is 19.7. The van der Waals surface area contributed by atoms with Crippen LogP contribution >= 0.6 is 11.3 Å². The first-order valence-electron chi connectivity index (χ1n) is 6.22. The van der Waals surface area contributed by atoms with Crippen molar-refractivity contribution in [2.24, 2.45) is 5.92 Å². The van der Waals surface area contributed by atoms with Gasteiger partial charge in [0, 0.05) is 25.0 Å². The molecule has 1 fully saturated rings. The number of rotatable bonds is 6. The molecule has 0 aromatic carbocycles. The highest BCUT2D eigenvalue weighted by Crippen LogP contribution is 2.19. The van der Waals surface area contributed by atoms with Gasteiger partial charge in [-0.1, -0.05) is 0 Å². The number of aryl methyl sites for hydroxylation is 1. The molecule has 0 aliphatic carbocycles. The van der Waals surface area contributed by atoms with Gasteiger partial charge in [-0.2, -0.15) is 0 Å². The van der Waals surface area contributed by atoms with Gasteiger partial charge in [-0.15, -0.1) is 11.3 Å². The van der Waals surface area contributed by atoms with Crippen LogP contribution < -0.4 is 5.32 Å². The molecule has 0 spiro atoms. The van der Waals surface area contributed by atoms with E-state index in [1.165, 1.54) is 17.8 Å². The second-order valence-electron chi connectivity index (χ2n) is 4.50. The van der Waals surface area contributed by atoms with Gasteiger partial charge in [0.25, 0.3) is 0 Å². The highest BCUT2D eigenvalue weighted by atomic mass is 32.1. The smallest absolute Gasteiger partial charge is 0.303 e. The monoisotopic (exact) mass is 270 g/mol. The second kappa shape index (κ2) is 6.70.